The van der Waals surface area contributed by atoms with Crippen molar-refractivity contribution in [2.75, 3.05) is 13.7 Å². The molecule has 0 aliphatic heterocycles. The summed E-state index contributed by atoms with van der Waals surface area (Å²) in [6.07, 6.45) is 0.689. The molecule has 1 aromatic heterocycles. The van der Waals surface area contributed by atoms with E-state index in [1.807, 2.05) is 38.1 Å². The number of ether oxygens (including phenoxy) is 2. The van der Waals surface area contributed by atoms with Crippen LogP contribution < -0.4 is 5.32 Å². The number of esters is 2. The summed E-state index contributed by atoms with van der Waals surface area (Å²) in [7, 11) is 1.26. The maximum absolute atomic E-state index is 12.1. The Balaban J connectivity index is 1.93. The van der Waals surface area contributed by atoms with Gasteiger partial charge in [-0.1, -0.05) is 38.5 Å². The predicted molar refractivity (Wildman–Crippen MR) is 92.0 cm³/mol. The van der Waals surface area contributed by atoms with E-state index in [1.54, 1.807) is 6.07 Å². The van der Waals surface area contributed by atoms with E-state index >= 15 is 0 Å². The van der Waals surface area contributed by atoms with E-state index < -0.39 is 30.5 Å². The lowest BCUT2D eigenvalue weighted by Crippen LogP contribution is -2.47. The van der Waals surface area contributed by atoms with Gasteiger partial charge in [0.05, 0.1) is 7.11 Å². The van der Waals surface area contributed by atoms with E-state index in [-0.39, 0.29) is 11.6 Å². The average molecular weight is 346 g/mol. The van der Waals surface area contributed by atoms with Gasteiger partial charge in [0.2, 0.25) is 0 Å². The second-order valence-electron chi connectivity index (χ2n) is 5.80. The van der Waals surface area contributed by atoms with Crippen LogP contribution in [0.1, 0.15) is 30.8 Å². The second kappa shape index (κ2) is 8.32. The van der Waals surface area contributed by atoms with Crippen molar-refractivity contribution in [3.05, 3.63) is 36.0 Å². The molecule has 2 N–H and O–H groups in total. The molecule has 0 aliphatic carbocycles. The number of carbonyl (C=O) groups excluding carboxylic acids is 3. The number of carbonyl (C=O) groups is 3. The van der Waals surface area contributed by atoms with Crippen molar-refractivity contribution in [1.29, 1.82) is 0 Å². The van der Waals surface area contributed by atoms with Gasteiger partial charge in [0.1, 0.15) is 11.7 Å². The maximum atomic E-state index is 12.1. The number of fused-ring (bicyclic) bond motifs is 1. The Bertz CT molecular complexity index is 735. The van der Waals surface area contributed by atoms with Crippen molar-refractivity contribution in [3.8, 4) is 0 Å². The Morgan fingerprint density at radius 3 is 2.60 bits per heavy atom. The predicted octanol–water partition coefficient (Wildman–Crippen LogP) is 2.03. The first-order chi connectivity index (χ1) is 12.0. The molecule has 134 valence electrons. The molecule has 1 amide bonds. The monoisotopic (exact) mass is 346 g/mol. The van der Waals surface area contributed by atoms with E-state index in [9.17, 15) is 14.4 Å². The zero-order valence-corrected chi connectivity index (χ0v) is 14.5. The van der Waals surface area contributed by atoms with Gasteiger partial charge in [-0.15, -0.1) is 0 Å². The van der Waals surface area contributed by atoms with E-state index in [4.69, 9.17) is 9.47 Å². The van der Waals surface area contributed by atoms with Crippen LogP contribution >= 0.6 is 0 Å². The molecule has 0 saturated carbocycles. The van der Waals surface area contributed by atoms with E-state index in [1.165, 1.54) is 7.11 Å². The zero-order valence-electron chi connectivity index (χ0n) is 14.5. The van der Waals surface area contributed by atoms with Crippen LogP contribution in [-0.4, -0.2) is 42.6 Å². The third-order valence-corrected chi connectivity index (χ3v) is 4.07. The zero-order chi connectivity index (χ0) is 18.4. The lowest BCUT2D eigenvalue weighted by Gasteiger charge is -2.21. The van der Waals surface area contributed by atoms with E-state index in [0.717, 1.165) is 10.9 Å². The van der Waals surface area contributed by atoms with Crippen LogP contribution in [0, 0.1) is 5.92 Å². The topological polar surface area (TPSA) is 97.5 Å². The maximum Gasteiger partial charge on any atom is 0.355 e. The molecule has 1 heterocycles. The van der Waals surface area contributed by atoms with Gasteiger partial charge in [-0.05, 0) is 18.1 Å². The van der Waals surface area contributed by atoms with Crippen molar-refractivity contribution in [2.45, 2.75) is 26.3 Å². The number of hydrogen-bond acceptors (Lipinski definition) is 5. The summed E-state index contributed by atoms with van der Waals surface area (Å²) in [4.78, 5) is 38.7. The summed E-state index contributed by atoms with van der Waals surface area (Å²) in [5.41, 5.74) is 1.07. The van der Waals surface area contributed by atoms with Gasteiger partial charge in [0.15, 0.2) is 6.61 Å². The molecule has 2 atom stereocenters. The number of methoxy groups -OCH3 is 1. The molecular weight excluding hydrogens is 324 g/mol. The fourth-order valence-electron chi connectivity index (χ4n) is 2.40. The molecule has 0 radical (unpaired) electrons. The molecule has 1 aromatic carbocycles. The summed E-state index contributed by atoms with van der Waals surface area (Å²) < 4.78 is 9.71. The first-order valence-corrected chi connectivity index (χ1v) is 8.08. The van der Waals surface area contributed by atoms with Crippen LogP contribution in [-0.2, 0) is 19.1 Å². The van der Waals surface area contributed by atoms with Crippen molar-refractivity contribution in [1.82, 2.24) is 10.3 Å². The molecule has 2 rings (SSSR count). The third kappa shape index (κ3) is 4.59. The highest BCUT2D eigenvalue weighted by Crippen LogP contribution is 2.15. The minimum Gasteiger partial charge on any atom is -0.467 e. The van der Waals surface area contributed by atoms with E-state index in [0.29, 0.717) is 6.42 Å². The van der Waals surface area contributed by atoms with Crippen molar-refractivity contribution >= 4 is 28.7 Å². The van der Waals surface area contributed by atoms with Crippen molar-refractivity contribution in [3.63, 3.8) is 0 Å². The first kappa shape index (κ1) is 18.5. The molecule has 0 fully saturated rings. The SMILES string of the molecule is CC[C@H](C)[C@@H](NC(=O)COC(=O)c1cc2ccccc2[nH]1)C(=O)OC. The fourth-order valence-corrected chi connectivity index (χ4v) is 2.40. The number of amides is 1. The van der Waals surface area contributed by atoms with Gasteiger partial charge in [-0.25, -0.2) is 9.59 Å². The van der Waals surface area contributed by atoms with Gasteiger partial charge in [0.25, 0.3) is 5.91 Å². The van der Waals surface area contributed by atoms with Gasteiger partial charge in [0, 0.05) is 10.9 Å². The fraction of sp³-hybridized carbons (Fsp3) is 0.389. The number of para-hydroxylation sites is 1. The van der Waals surface area contributed by atoms with Crippen LogP contribution in [0.4, 0.5) is 0 Å². The Labute approximate surface area is 145 Å². The van der Waals surface area contributed by atoms with Gasteiger partial charge >= 0.3 is 11.9 Å². The molecule has 0 saturated heterocycles. The number of benzene rings is 1. The molecule has 0 bridgehead atoms. The smallest absolute Gasteiger partial charge is 0.355 e. The molecule has 25 heavy (non-hydrogen) atoms. The minimum absolute atomic E-state index is 0.0965. The van der Waals surface area contributed by atoms with Crippen molar-refractivity contribution < 1.29 is 23.9 Å². The summed E-state index contributed by atoms with van der Waals surface area (Å²) in [6.45, 7) is 3.26. The van der Waals surface area contributed by atoms with Gasteiger partial charge in [-0.2, -0.15) is 0 Å². The normalized spacial score (nSPS) is 13.1. The number of aromatic amines is 1. The van der Waals surface area contributed by atoms with Crippen LogP contribution in [0.3, 0.4) is 0 Å². The molecule has 7 nitrogen and oxygen atoms in total. The first-order valence-electron chi connectivity index (χ1n) is 8.08. The highest BCUT2D eigenvalue weighted by molar-refractivity contribution is 5.96. The third-order valence-electron chi connectivity index (χ3n) is 4.07. The standard InChI is InChI=1S/C18H22N2O5/c1-4-11(2)16(18(23)24-3)20-15(21)10-25-17(22)14-9-12-7-5-6-8-13(12)19-14/h5-9,11,16,19H,4,10H2,1-3H3,(H,20,21)/t11-,16+/m0/s1. The largest absolute Gasteiger partial charge is 0.467 e. The van der Waals surface area contributed by atoms with Crippen LogP contribution in [0.2, 0.25) is 0 Å². The minimum atomic E-state index is -0.769. The van der Waals surface area contributed by atoms with Gasteiger partial charge < -0.3 is 19.8 Å². The number of rotatable bonds is 7. The molecule has 0 aliphatic rings. The number of hydrogen-bond donors (Lipinski definition) is 2. The van der Waals surface area contributed by atoms with Gasteiger partial charge in [-0.3, -0.25) is 4.79 Å². The molecule has 2 aromatic rings. The lowest BCUT2D eigenvalue weighted by molar-refractivity contribution is -0.147. The van der Waals surface area contributed by atoms with E-state index in [2.05, 4.69) is 10.3 Å². The number of H-pyrrole nitrogens is 1. The van der Waals surface area contributed by atoms with Crippen molar-refractivity contribution in [2.24, 2.45) is 5.92 Å². The summed E-state index contributed by atoms with van der Waals surface area (Å²) in [6, 6.07) is 8.30. The Morgan fingerprint density at radius 2 is 1.96 bits per heavy atom. The highest BCUT2D eigenvalue weighted by Gasteiger charge is 2.27. The Morgan fingerprint density at radius 1 is 1.24 bits per heavy atom. The Hall–Kier alpha value is -2.83. The highest BCUT2D eigenvalue weighted by atomic mass is 16.5. The molecule has 0 spiro atoms. The van der Waals surface area contributed by atoms with Crippen LogP contribution in [0.15, 0.2) is 30.3 Å². The summed E-state index contributed by atoms with van der Waals surface area (Å²) in [5.74, 6) is -1.81. The quantitative estimate of drug-likeness (QED) is 0.748. The molecular formula is C18H22N2O5. The molecule has 0 unspecified atom stereocenters. The van der Waals surface area contributed by atoms with Crippen LogP contribution in [0.25, 0.3) is 10.9 Å². The summed E-state index contributed by atoms with van der Waals surface area (Å²) >= 11 is 0. The lowest BCUT2D eigenvalue weighted by atomic mass is 9.99. The number of aromatic nitrogens is 1. The summed E-state index contributed by atoms with van der Waals surface area (Å²) in [5, 5.41) is 3.43. The Kier molecular flexibility index (Phi) is 6.16. The average Bonchev–Trinajstić information content (AvgIpc) is 3.07. The van der Waals surface area contributed by atoms with Crippen LogP contribution in [0.5, 0.6) is 0 Å². The molecule has 7 heteroatoms. The number of nitrogens with one attached hydrogen (secondary N) is 2. The second-order valence-corrected chi connectivity index (χ2v) is 5.80.